The Balaban J connectivity index is 2.27. The molecule has 2 rings (SSSR count). The molecule has 20 heavy (non-hydrogen) atoms. The number of rotatable bonds is 4. The van der Waals surface area contributed by atoms with Gasteiger partial charge in [0.15, 0.2) is 0 Å². The lowest BCUT2D eigenvalue weighted by Crippen LogP contribution is -2.24. The third-order valence-corrected chi connectivity index (χ3v) is 6.21. The molecule has 4 nitrogen and oxygen atoms in total. The van der Waals surface area contributed by atoms with Crippen molar-refractivity contribution < 1.29 is 8.42 Å². The molecule has 1 heterocycles. The van der Waals surface area contributed by atoms with Crippen molar-refractivity contribution in [3.63, 3.8) is 0 Å². The molecule has 0 aliphatic carbocycles. The smallest absolute Gasteiger partial charge is 0.244 e. The Bertz CT molecular complexity index is 724. The Kier molecular flexibility index (Phi) is 4.99. The molecule has 3 N–H and O–H groups in total. The summed E-state index contributed by atoms with van der Waals surface area (Å²) in [5, 5.41) is 2.15. The molecule has 0 bridgehead atoms. The Morgan fingerprint density at radius 2 is 2.00 bits per heavy atom. The Labute approximate surface area is 139 Å². The highest BCUT2D eigenvalue weighted by molar-refractivity contribution is 9.10. The Morgan fingerprint density at radius 3 is 2.55 bits per heavy atom. The van der Waals surface area contributed by atoms with Gasteiger partial charge in [-0.25, -0.2) is 13.1 Å². The topological polar surface area (TPSA) is 72.2 Å². The summed E-state index contributed by atoms with van der Waals surface area (Å²) < 4.78 is 27.8. The van der Waals surface area contributed by atoms with E-state index in [2.05, 4.69) is 20.7 Å². The van der Waals surface area contributed by atoms with Gasteiger partial charge in [-0.15, -0.1) is 11.3 Å². The van der Waals surface area contributed by atoms with Gasteiger partial charge in [-0.05, 0) is 34.1 Å². The first-order chi connectivity index (χ1) is 9.29. The summed E-state index contributed by atoms with van der Waals surface area (Å²) >= 11 is 16.4. The fourth-order valence-corrected chi connectivity index (χ4v) is 5.02. The van der Waals surface area contributed by atoms with Crippen LogP contribution < -0.4 is 10.5 Å². The maximum absolute atomic E-state index is 12.2. The second-order valence-corrected chi connectivity index (χ2v) is 8.32. The van der Waals surface area contributed by atoms with Crippen LogP contribution in [0.3, 0.4) is 0 Å². The molecule has 0 spiro atoms. The molecular formula is C11H9BrCl2N2O2S2. The zero-order chi connectivity index (χ0) is 14.9. The molecule has 0 saturated carbocycles. The molecule has 0 unspecified atom stereocenters. The summed E-state index contributed by atoms with van der Waals surface area (Å²) in [5.74, 6) is 0. The van der Waals surface area contributed by atoms with Gasteiger partial charge >= 0.3 is 0 Å². The van der Waals surface area contributed by atoms with Gasteiger partial charge < -0.3 is 5.73 Å². The monoisotopic (exact) mass is 414 g/mol. The zero-order valence-corrected chi connectivity index (χ0v) is 14.6. The van der Waals surface area contributed by atoms with Crippen molar-refractivity contribution in [2.75, 3.05) is 5.73 Å². The number of hydrogen-bond acceptors (Lipinski definition) is 4. The van der Waals surface area contributed by atoms with E-state index in [1.165, 1.54) is 23.5 Å². The highest BCUT2D eigenvalue weighted by atomic mass is 79.9. The van der Waals surface area contributed by atoms with Crippen molar-refractivity contribution in [1.82, 2.24) is 4.72 Å². The molecule has 0 atom stereocenters. The van der Waals surface area contributed by atoms with Crippen molar-refractivity contribution in [2.24, 2.45) is 0 Å². The second kappa shape index (κ2) is 6.21. The largest absolute Gasteiger partial charge is 0.398 e. The van der Waals surface area contributed by atoms with E-state index in [9.17, 15) is 8.42 Å². The van der Waals surface area contributed by atoms with Crippen LogP contribution in [0.2, 0.25) is 10.0 Å². The van der Waals surface area contributed by atoms with Crippen LogP contribution in [-0.4, -0.2) is 8.42 Å². The summed E-state index contributed by atoms with van der Waals surface area (Å²) in [6.45, 7) is 0.164. The summed E-state index contributed by atoms with van der Waals surface area (Å²) in [6, 6.07) is 4.53. The van der Waals surface area contributed by atoms with Crippen molar-refractivity contribution in [3.8, 4) is 0 Å². The van der Waals surface area contributed by atoms with Crippen molar-refractivity contribution in [2.45, 2.75) is 11.4 Å². The van der Waals surface area contributed by atoms with Gasteiger partial charge in [0, 0.05) is 26.3 Å². The number of sulfonamides is 1. The van der Waals surface area contributed by atoms with E-state index in [1.54, 1.807) is 0 Å². The molecule has 0 saturated heterocycles. The van der Waals surface area contributed by atoms with Gasteiger partial charge in [0.1, 0.15) is 4.90 Å². The molecule has 0 radical (unpaired) electrons. The van der Waals surface area contributed by atoms with Gasteiger partial charge in [-0.1, -0.05) is 23.2 Å². The van der Waals surface area contributed by atoms with E-state index in [-0.39, 0.29) is 27.2 Å². The maximum atomic E-state index is 12.2. The lowest BCUT2D eigenvalue weighted by atomic mass is 10.3. The van der Waals surface area contributed by atoms with Gasteiger partial charge in [0.2, 0.25) is 10.0 Å². The summed E-state index contributed by atoms with van der Waals surface area (Å²) in [6.07, 6.45) is 0. The van der Waals surface area contributed by atoms with Crippen molar-refractivity contribution in [3.05, 3.63) is 43.0 Å². The average molecular weight is 416 g/mol. The second-order valence-electron chi connectivity index (χ2n) is 3.86. The Morgan fingerprint density at radius 1 is 1.30 bits per heavy atom. The van der Waals surface area contributed by atoms with Crippen LogP contribution >= 0.6 is 50.5 Å². The molecule has 108 valence electrons. The number of anilines is 1. The van der Waals surface area contributed by atoms with Gasteiger partial charge in [-0.3, -0.25) is 0 Å². The zero-order valence-electron chi connectivity index (χ0n) is 9.86. The molecule has 0 fully saturated rings. The van der Waals surface area contributed by atoms with Crippen LogP contribution in [-0.2, 0) is 16.6 Å². The minimum atomic E-state index is -3.80. The SMILES string of the molecule is Nc1cc(Cl)cc(Cl)c1S(=O)(=O)NCc1cc(Br)cs1. The molecular weight excluding hydrogens is 407 g/mol. The van der Waals surface area contributed by atoms with E-state index in [1.807, 2.05) is 11.4 Å². The third-order valence-electron chi connectivity index (χ3n) is 2.36. The molecule has 1 aromatic heterocycles. The van der Waals surface area contributed by atoms with E-state index >= 15 is 0 Å². The van der Waals surface area contributed by atoms with Crippen LogP contribution in [0.15, 0.2) is 32.9 Å². The van der Waals surface area contributed by atoms with Crippen molar-refractivity contribution in [1.29, 1.82) is 0 Å². The van der Waals surface area contributed by atoms with Gasteiger partial charge in [0.25, 0.3) is 0 Å². The van der Waals surface area contributed by atoms with Crippen LogP contribution in [0.4, 0.5) is 5.69 Å². The van der Waals surface area contributed by atoms with E-state index in [0.29, 0.717) is 0 Å². The minimum absolute atomic E-state index is 0.00476. The first kappa shape index (κ1) is 16.1. The summed E-state index contributed by atoms with van der Waals surface area (Å²) in [7, 11) is -3.80. The predicted molar refractivity (Wildman–Crippen MR) is 86.9 cm³/mol. The number of hydrogen-bond donors (Lipinski definition) is 2. The third kappa shape index (κ3) is 3.66. The van der Waals surface area contributed by atoms with Crippen LogP contribution in [0, 0.1) is 0 Å². The number of halogens is 3. The molecule has 9 heteroatoms. The van der Waals surface area contributed by atoms with E-state index in [4.69, 9.17) is 28.9 Å². The molecule has 0 amide bonds. The van der Waals surface area contributed by atoms with Crippen LogP contribution in [0.25, 0.3) is 0 Å². The van der Waals surface area contributed by atoms with Crippen LogP contribution in [0.1, 0.15) is 4.88 Å². The number of nitrogen functional groups attached to an aromatic ring is 1. The number of benzene rings is 1. The van der Waals surface area contributed by atoms with Crippen LogP contribution in [0.5, 0.6) is 0 Å². The molecule has 0 aliphatic rings. The summed E-state index contributed by atoms with van der Waals surface area (Å²) in [4.78, 5) is 0.711. The molecule has 1 aromatic carbocycles. The normalized spacial score (nSPS) is 11.8. The Hall–Kier alpha value is -0.310. The van der Waals surface area contributed by atoms with E-state index in [0.717, 1.165) is 9.35 Å². The standard InChI is InChI=1S/C11H9BrCl2N2O2S2/c12-6-1-8(19-5-6)4-16-20(17,18)11-9(14)2-7(13)3-10(11)15/h1-3,5,16H,4,15H2. The fraction of sp³-hybridized carbons (Fsp3) is 0.0909. The lowest BCUT2D eigenvalue weighted by molar-refractivity contribution is 0.582. The lowest BCUT2D eigenvalue weighted by Gasteiger charge is -2.10. The predicted octanol–water partition coefficient (Wildman–Crippen LogP) is 3.88. The fourth-order valence-electron chi connectivity index (χ4n) is 1.55. The number of nitrogens with one attached hydrogen (secondary N) is 1. The highest BCUT2D eigenvalue weighted by Crippen LogP contribution is 2.31. The molecule has 2 aromatic rings. The molecule has 0 aliphatic heterocycles. The van der Waals surface area contributed by atoms with E-state index < -0.39 is 10.0 Å². The number of thiophene rings is 1. The maximum Gasteiger partial charge on any atom is 0.244 e. The highest BCUT2D eigenvalue weighted by Gasteiger charge is 2.22. The van der Waals surface area contributed by atoms with Crippen molar-refractivity contribution >= 4 is 66.2 Å². The first-order valence-corrected chi connectivity index (χ1v) is 9.18. The minimum Gasteiger partial charge on any atom is -0.398 e. The van der Waals surface area contributed by atoms with Gasteiger partial charge in [0.05, 0.1) is 10.7 Å². The first-order valence-electron chi connectivity index (χ1n) is 5.26. The quantitative estimate of drug-likeness (QED) is 0.744. The van der Waals surface area contributed by atoms with Gasteiger partial charge in [-0.2, -0.15) is 0 Å². The average Bonchev–Trinajstić information content (AvgIpc) is 2.71. The number of nitrogens with two attached hydrogens (primary N) is 1. The summed E-state index contributed by atoms with van der Waals surface area (Å²) in [5.41, 5.74) is 5.70.